The summed E-state index contributed by atoms with van der Waals surface area (Å²) >= 11 is 0. The molecule has 7 heteroatoms. The Morgan fingerprint density at radius 2 is 2.06 bits per heavy atom. The summed E-state index contributed by atoms with van der Waals surface area (Å²) < 4.78 is 39.8. The minimum Gasteiger partial charge on any atom is -0.305 e. The number of nitrogens with one attached hydrogen (secondary N) is 2. The van der Waals surface area contributed by atoms with Crippen molar-refractivity contribution in [2.24, 2.45) is 0 Å². The molecule has 2 rings (SSSR count). The maximum absolute atomic E-state index is 13.7. The van der Waals surface area contributed by atoms with Crippen molar-refractivity contribution in [3.8, 4) is 0 Å². The summed E-state index contributed by atoms with van der Waals surface area (Å²) in [6, 6.07) is 1.40. The average molecular weight is 256 g/mol. The highest BCUT2D eigenvalue weighted by molar-refractivity contribution is 5.29. The molecule has 0 spiro atoms. The molecular weight excluding hydrogens is 245 g/mol. The fourth-order valence-electron chi connectivity index (χ4n) is 1.69. The van der Waals surface area contributed by atoms with Gasteiger partial charge in [-0.05, 0) is 12.6 Å². The van der Waals surface area contributed by atoms with E-state index in [0.717, 1.165) is 6.07 Å². The number of halogens is 3. The lowest BCUT2D eigenvalue weighted by molar-refractivity contribution is 0.432. The normalized spacial score (nSPS) is 12.7. The molecule has 0 radical (unpaired) electrons. The quantitative estimate of drug-likeness (QED) is 0.822. The molecule has 0 aliphatic rings. The van der Waals surface area contributed by atoms with Gasteiger partial charge in [0.25, 0.3) is 0 Å². The first-order chi connectivity index (χ1) is 8.65. The van der Waals surface area contributed by atoms with E-state index in [0.29, 0.717) is 12.2 Å². The van der Waals surface area contributed by atoms with Crippen molar-refractivity contribution in [2.75, 3.05) is 6.54 Å². The highest BCUT2D eigenvalue weighted by Crippen LogP contribution is 2.25. The van der Waals surface area contributed by atoms with Crippen LogP contribution in [-0.4, -0.2) is 22.0 Å². The van der Waals surface area contributed by atoms with Gasteiger partial charge < -0.3 is 5.32 Å². The maximum atomic E-state index is 13.7. The fraction of sp³-hybridized carbons (Fsp3) is 0.273. The predicted molar refractivity (Wildman–Crippen MR) is 58.2 cm³/mol. The highest BCUT2D eigenvalue weighted by atomic mass is 19.2. The summed E-state index contributed by atoms with van der Waals surface area (Å²) in [5.74, 6) is -3.92. The number of rotatable bonds is 4. The second-order valence-corrected chi connectivity index (χ2v) is 3.65. The van der Waals surface area contributed by atoms with E-state index in [9.17, 15) is 13.2 Å². The molecule has 0 fully saturated rings. The third-order valence-electron chi connectivity index (χ3n) is 2.51. The third kappa shape index (κ3) is 2.21. The maximum Gasteiger partial charge on any atom is 0.194 e. The number of benzene rings is 1. The summed E-state index contributed by atoms with van der Waals surface area (Å²) in [6.45, 7) is 2.32. The van der Waals surface area contributed by atoms with Crippen LogP contribution in [0.2, 0.25) is 0 Å². The van der Waals surface area contributed by atoms with Gasteiger partial charge in [0.05, 0.1) is 12.2 Å². The van der Waals surface area contributed by atoms with Crippen LogP contribution >= 0.6 is 0 Å². The van der Waals surface area contributed by atoms with Crippen molar-refractivity contribution in [3.05, 3.63) is 47.0 Å². The zero-order chi connectivity index (χ0) is 13.1. The van der Waals surface area contributed by atoms with E-state index in [1.165, 1.54) is 12.3 Å². The van der Waals surface area contributed by atoms with Crippen LogP contribution in [0.25, 0.3) is 0 Å². The summed E-state index contributed by atoms with van der Waals surface area (Å²) in [5, 5.41) is 12.8. The van der Waals surface area contributed by atoms with Gasteiger partial charge in [0, 0.05) is 5.56 Å². The zero-order valence-electron chi connectivity index (χ0n) is 9.54. The van der Waals surface area contributed by atoms with E-state index in [1.807, 2.05) is 6.92 Å². The van der Waals surface area contributed by atoms with Gasteiger partial charge in [-0.1, -0.05) is 13.0 Å². The third-order valence-corrected chi connectivity index (χ3v) is 2.51. The number of hydrogen-bond acceptors (Lipinski definition) is 3. The lowest BCUT2D eigenvalue weighted by Gasteiger charge is -2.16. The van der Waals surface area contributed by atoms with Crippen molar-refractivity contribution in [1.82, 2.24) is 20.7 Å². The van der Waals surface area contributed by atoms with Gasteiger partial charge in [0.2, 0.25) is 0 Å². The molecule has 2 aromatic rings. The number of nitrogens with zero attached hydrogens (tertiary/aromatic N) is 2. The molecular formula is C11H11F3N4. The van der Waals surface area contributed by atoms with Crippen molar-refractivity contribution in [2.45, 2.75) is 13.0 Å². The first kappa shape index (κ1) is 12.6. The lowest BCUT2D eigenvalue weighted by Crippen LogP contribution is -2.24. The predicted octanol–water partition coefficient (Wildman–Crippen LogP) is 1.92. The summed E-state index contributed by atoms with van der Waals surface area (Å²) in [6.07, 6.45) is 1.40. The Bertz CT molecular complexity index is 527. The van der Waals surface area contributed by atoms with E-state index >= 15 is 0 Å². The van der Waals surface area contributed by atoms with Crippen LogP contribution < -0.4 is 5.32 Å². The van der Waals surface area contributed by atoms with E-state index in [4.69, 9.17) is 0 Å². The molecule has 2 N–H and O–H groups in total. The zero-order valence-corrected chi connectivity index (χ0v) is 9.54. The van der Waals surface area contributed by atoms with Crippen molar-refractivity contribution in [3.63, 3.8) is 0 Å². The van der Waals surface area contributed by atoms with Crippen molar-refractivity contribution >= 4 is 0 Å². The molecule has 0 aliphatic heterocycles. The summed E-state index contributed by atoms with van der Waals surface area (Å²) in [5.41, 5.74) is 0.395. The molecule has 18 heavy (non-hydrogen) atoms. The van der Waals surface area contributed by atoms with Crippen molar-refractivity contribution < 1.29 is 13.2 Å². The van der Waals surface area contributed by atoms with Gasteiger partial charge >= 0.3 is 0 Å². The second kappa shape index (κ2) is 5.18. The van der Waals surface area contributed by atoms with Gasteiger partial charge in [-0.3, -0.25) is 0 Å². The van der Waals surface area contributed by atoms with Crippen LogP contribution in [0.15, 0.2) is 18.3 Å². The molecule has 1 aromatic heterocycles. The molecule has 96 valence electrons. The minimum atomic E-state index is -1.49. The van der Waals surface area contributed by atoms with Crippen LogP contribution in [0.3, 0.4) is 0 Å². The smallest absolute Gasteiger partial charge is 0.194 e. The van der Waals surface area contributed by atoms with Gasteiger partial charge in [-0.25, -0.2) is 13.2 Å². The number of hydrogen-bond donors (Lipinski definition) is 2. The molecule has 0 amide bonds. The second-order valence-electron chi connectivity index (χ2n) is 3.65. The Balaban J connectivity index is 2.47. The first-order valence-corrected chi connectivity index (χ1v) is 5.37. The molecule has 1 atom stereocenters. The van der Waals surface area contributed by atoms with Crippen LogP contribution in [0, 0.1) is 17.5 Å². The molecule has 1 unspecified atom stereocenters. The van der Waals surface area contributed by atoms with E-state index in [2.05, 4.69) is 20.7 Å². The monoisotopic (exact) mass is 256 g/mol. The van der Waals surface area contributed by atoms with E-state index in [1.54, 1.807) is 0 Å². The standard InChI is InChI=1S/C11H11F3N4/c1-2-15-11(8-5-16-18-17-8)6-3-4-7(12)10(14)9(6)13/h3-5,11,15H,2H2,1H3,(H,16,17,18). The lowest BCUT2D eigenvalue weighted by atomic mass is 10.0. The summed E-state index contributed by atoms with van der Waals surface area (Å²) in [4.78, 5) is 0. The summed E-state index contributed by atoms with van der Waals surface area (Å²) in [7, 11) is 0. The highest BCUT2D eigenvalue weighted by Gasteiger charge is 2.23. The Kier molecular flexibility index (Phi) is 3.61. The number of H-pyrrole nitrogens is 1. The topological polar surface area (TPSA) is 53.6 Å². The SMILES string of the molecule is CCNC(c1cn[nH]n1)c1ccc(F)c(F)c1F. The Hall–Kier alpha value is -1.89. The van der Waals surface area contributed by atoms with Crippen LogP contribution in [0.5, 0.6) is 0 Å². The number of aromatic amines is 1. The van der Waals surface area contributed by atoms with E-state index < -0.39 is 23.5 Å². The van der Waals surface area contributed by atoms with Crippen molar-refractivity contribution in [1.29, 1.82) is 0 Å². The first-order valence-electron chi connectivity index (χ1n) is 5.37. The van der Waals surface area contributed by atoms with E-state index in [-0.39, 0.29) is 5.56 Å². The average Bonchev–Trinajstić information content (AvgIpc) is 2.88. The molecule has 0 saturated heterocycles. The Labute approximate surface area is 101 Å². The molecule has 0 aliphatic carbocycles. The molecule has 4 nitrogen and oxygen atoms in total. The molecule has 1 heterocycles. The largest absolute Gasteiger partial charge is 0.305 e. The van der Waals surface area contributed by atoms with Gasteiger partial charge in [0.15, 0.2) is 17.5 Å². The molecule has 0 bridgehead atoms. The fourth-order valence-corrected chi connectivity index (χ4v) is 1.69. The van der Waals surface area contributed by atoms with Gasteiger partial charge in [-0.2, -0.15) is 15.4 Å². The Morgan fingerprint density at radius 3 is 2.67 bits per heavy atom. The van der Waals surface area contributed by atoms with Crippen LogP contribution in [-0.2, 0) is 0 Å². The van der Waals surface area contributed by atoms with Gasteiger partial charge in [0.1, 0.15) is 5.69 Å². The van der Waals surface area contributed by atoms with Crippen LogP contribution in [0.4, 0.5) is 13.2 Å². The van der Waals surface area contributed by atoms with Crippen LogP contribution in [0.1, 0.15) is 24.2 Å². The molecule has 0 saturated carbocycles. The Morgan fingerprint density at radius 1 is 1.28 bits per heavy atom. The number of aromatic nitrogens is 3. The van der Waals surface area contributed by atoms with Gasteiger partial charge in [-0.15, -0.1) is 0 Å². The minimum absolute atomic E-state index is 0.00958. The molecule has 1 aromatic carbocycles.